The molecule has 18 heavy (non-hydrogen) atoms. The Morgan fingerprint density at radius 1 is 1.17 bits per heavy atom. The van der Waals surface area contributed by atoms with Gasteiger partial charge in [0.2, 0.25) is 0 Å². The molecular formula is C12H7BrCl2N2O. The number of carbonyl (C=O) groups is 1. The van der Waals surface area contributed by atoms with E-state index in [1.807, 2.05) is 0 Å². The van der Waals surface area contributed by atoms with Gasteiger partial charge in [-0.3, -0.25) is 4.79 Å². The molecule has 0 spiro atoms. The van der Waals surface area contributed by atoms with Crippen molar-refractivity contribution in [2.24, 2.45) is 0 Å². The van der Waals surface area contributed by atoms with E-state index in [1.54, 1.807) is 36.4 Å². The van der Waals surface area contributed by atoms with E-state index in [0.717, 1.165) is 0 Å². The zero-order chi connectivity index (χ0) is 13.1. The largest absolute Gasteiger partial charge is 0.321 e. The summed E-state index contributed by atoms with van der Waals surface area (Å²) in [5.41, 5.74) is 0.881. The average molecular weight is 346 g/mol. The maximum absolute atomic E-state index is 11.9. The number of aromatic nitrogens is 1. The van der Waals surface area contributed by atoms with Crippen molar-refractivity contribution in [1.29, 1.82) is 0 Å². The van der Waals surface area contributed by atoms with Gasteiger partial charge in [-0.2, -0.15) is 0 Å². The van der Waals surface area contributed by atoms with Crippen LogP contribution in [0.4, 0.5) is 5.69 Å². The summed E-state index contributed by atoms with van der Waals surface area (Å²) in [6.45, 7) is 0. The van der Waals surface area contributed by atoms with Crippen LogP contribution in [-0.4, -0.2) is 10.9 Å². The molecule has 0 bridgehead atoms. The Labute approximate surface area is 122 Å². The third-order valence-corrected chi connectivity index (χ3v) is 3.31. The van der Waals surface area contributed by atoms with Gasteiger partial charge in [0.05, 0.1) is 10.0 Å². The maximum Gasteiger partial charge on any atom is 0.274 e. The lowest BCUT2D eigenvalue weighted by atomic mass is 10.3. The maximum atomic E-state index is 11.9. The summed E-state index contributed by atoms with van der Waals surface area (Å²) in [4.78, 5) is 15.9. The van der Waals surface area contributed by atoms with Gasteiger partial charge < -0.3 is 5.32 Å². The predicted octanol–water partition coefficient (Wildman–Crippen LogP) is 4.40. The number of hydrogen-bond acceptors (Lipinski definition) is 2. The second kappa shape index (κ2) is 5.69. The van der Waals surface area contributed by atoms with Crippen LogP contribution >= 0.6 is 39.1 Å². The van der Waals surface area contributed by atoms with Gasteiger partial charge in [-0.25, -0.2) is 4.98 Å². The van der Waals surface area contributed by atoms with Crippen molar-refractivity contribution in [1.82, 2.24) is 4.98 Å². The Balaban J connectivity index is 2.18. The van der Waals surface area contributed by atoms with Crippen molar-refractivity contribution in [3.63, 3.8) is 0 Å². The molecule has 0 radical (unpaired) electrons. The minimum Gasteiger partial charge on any atom is -0.321 e. The van der Waals surface area contributed by atoms with Crippen molar-refractivity contribution in [2.75, 3.05) is 5.32 Å². The van der Waals surface area contributed by atoms with E-state index in [-0.39, 0.29) is 5.91 Å². The number of halogens is 3. The number of pyridine rings is 1. The van der Waals surface area contributed by atoms with Crippen LogP contribution in [-0.2, 0) is 0 Å². The first-order valence-electron chi connectivity index (χ1n) is 4.95. The predicted molar refractivity (Wildman–Crippen MR) is 76.4 cm³/mol. The van der Waals surface area contributed by atoms with Crippen molar-refractivity contribution in [3.05, 3.63) is 56.7 Å². The van der Waals surface area contributed by atoms with E-state index in [0.29, 0.717) is 26.0 Å². The molecule has 1 amide bonds. The van der Waals surface area contributed by atoms with E-state index in [9.17, 15) is 4.79 Å². The van der Waals surface area contributed by atoms with E-state index >= 15 is 0 Å². The van der Waals surface area contributed by atoms with Crippen LogP contribution in [0.5, 0.6) is 0 Å². The van der Waals surface area contributed by atoms with Crippen LogP contribution in [0.1, 0.15) is 10.5 Å². The molecule has 0 fully saturated rings. The number of rotatable bonds is 2. The molecule has 3 nitrogen and oxygen atoms in total. The third-order valence-electron chi connectivity index (χ3n) is 2.13. The minimum absolute atomic E-state index is 0.310. The van der Waals surface area contributed by atoms with Gasteiger partial charge in [0, 0.05) is 5.69 Å². The molecule has 0 aliphatic heterocycles. The normalized spacial score (nSPS) is 10.2. The van der Waals surface area contributed by atoms with Crippen molar-refractivity contribution < 1.29 is 4.79 Å². The zero-order valence-electron chi connectivity index (χ0n) is 8.95. The van der Waals surface area contributed by atoms with Crippen molar-refractivity contribution >= 4 is 50.7 Å². The number of anilines is 1. The Morgan fingerprint density at radius 2 is 1.94 bits per heavy atom. The van der Waals surface area contributed by atoms with E-state index < -0.39 is 0 Å². The van der Waals surface area contributed by atoms with Crippen LogP contribution in [0, 0.1) is 0 Å². The molecule has 1 aromatic carbocycles. The van der Waals surface area contributed by atoms with Crippen molar-refractivity contribution in [3.8, 4) is 0 Å². The molecule has 2 aromatic rings. The van der Waals surface area contributed by atoms with E-state index in [1.165, 1.54) is 0 Å². The molecule has 0 unspecified atom stereocenters. The molecule has 0 saturated heterocycles. The van der Waals surface area contributed by atoms with Crippen LogP contribution in [0.2, 0.25) is 10.0 Å². The minimum atomic E-state index is -0.310. The van der Waals surface area contributed by atoms with Crippen LogP contribution in [0.25, 0.3) is 0 Å². The highest BCUT2D eigenvalue weighted by Crippen LogP contribution is 2.25. The fourth-order valence-electron chi connectivity index (χ4n) is 1.30. The Hall–Kier alpha value is -1.10. The smallest absolute Gasteiger partial charge is 0.274 e. The highest BCUT2D eigenvalue weighted by Gasteiger charge is 2.08. The molecule has 0 aliphatic rings. The molecule has 0 atom stereocenters. The fraction of sp³-hybridized carbons (Fsp3) is 0. The second-order valence-electron chi connectivity index (χ2n) is 3.43. The first kappa shape index (κ1) is 13.3. The van der Waals surface area contributed by atoms with Gasteiger partial charge in [0.1, 0.15) is 10.3 Å². The lowest BCUT2D eigenvalue weighted by Crippen LogP contribution is -2.13. The highest BCUT2D eigenvalue weighted by molar-refractivity contribution is 9.10. The van der Waals surface area contributed by atoms with Gasteiger partial charge in [-0.15, -0.1) is 0 Å². The molecule has 0 saturated carbocycles. The summed E-state index contributed by atoms with van der Waals surface area (Å²) >= 11 is 14.9. The third kappa shape index (κ3) is 3.22. The lowest BCUT2D eigenvalue weighted by Gasteiger charge is -2.06. The number of benzene rings is 1. The summed E-state index contributed by atoms with van der Waals surface area (Å²) in [5.74, 6) is -0.310. The van der Waals surface area contributed by atoms with Crippen molar-refractivity contribution in [2.45, 2.75) is 0 Å². The number of hydrogen-bond donors (Lipinski definition) is 1. The quantitative estimate of drug-likeness (QED) is 0.819. The summed E-state index contributed by atoms with van der Waals surface area (Å²) in [5, 5.41) is 3.51. The topological polar surface area (TPSA) is 42.0 Å². The molecule has 2 rings (SSSR count). The van der Waals surface area contributed by atoms with E-state index in [2.05, 4.69) is 26.2 Å². The first-order valence-corrected chi connectivity index (χ1v) is 6.50. The first-order chi connectivity index (χ1) is 8.56. The van der Waals surface area contributed by atoms with Crippen LogP contribution < -0.4 is 5.32 Å². The van der Waals surface area contributed by atoms with Crippen LogP contribution in [0.3, 0.4) is 0 Å². The molecule has 1 N–H and O–H groups in total. The standard InChI is InChI=1S/C12H7BrCl2N2O/c13-11-3-1-2-10(17-11)12(18)16-7-4-5-8(14)9(15)6-7/h1-6H,(H,16,18). The molecule has 0 aliphatic carbocycles. The summed E-state index contributed by atoms with van der Waals surface area (Å²) in [6.07, 6.45) is 0. The summed E-state index contributed by atoms with van der Waals surface area (Å²) < 4.78 is 0.601. The van der Waals surface area contributed by atoms with Crippen LogP contribution in [0.15, 0.2) is 41.0 Å². The monoisotopic (exact) mass is 344 g/mol. The molecule has 1 aromatic heterocycles. The van der Waals surface area contributed by atoms with Gasteiger partial charge in [0.25, 0.3) is 5.91 Å². The summed E-state index contributed by atoms with van der Waals surface area (Å²) in [7, 11) is 0. The Morgan fingerprint density at radius 3 is 2.61 bits per heavy atom. The fourth-order valence-corrected chi connectivity index (χ4v) is 1.95. The Bertz CT molecular complexity index is 604. The van der Waals surface area contributed by atoms with Gasteiger partial charge in [-0.1, -0.05) is 29.3 Å². The molecule has 6 heteroatoms. The van der Waals surface area contributed by atoms with Gasteiger partial charge in [-0.05, 0) is 46.3 Å². The number of carbonyl (C=O) groups excluding carboxylic acids is 1. The average Bonchev–Trinajstić information content (AvgIpc) is 2.34. The second-order valence-corrected chi connectivity index (χ2v) is 5.06. The molecule has 1 heterocycles. The highest BCUT2D eigenvalue weighted by atomic mass is 79.9. The van der Waals surface area contributed by atoms with E-state index in [4.69, 9.17) is 23.2 Å². The molecular weight excluding hydrogens is 339 g/mol. The Kier molecular flexibility index (Phi) is 4.22. The van der Waals surface area contributed by atoms with Gasteiger partial charge in [0.15, 0.2) is 0 Å². The SMILES string of the molecule is O=C(Nc1ccc(Cl)c(Cl)c1)c1cccc(Br)n1. The van der Waals surface area contributed by atoms with Gasteiger partial charge >= 0.3 is 0 Å². The molecule has 92 valence electrons. The zero-order valence-corrected chi connectivity index (χ0v) is 12.1. The number of nitrogens with zero attached hydrogens (tertiary/aromatic N) is 1. The number of nitrogens with one attached hydrogen (secondary N) is 1. The lowest BCUT2D eigenvalue weighted by molar-refractivity contribution is 0.102. The summed E-state index contributed by atoms with van der Waals surface area (Å²) in [6, 6.07) is 9.98. The number of amides is 1.